The molecule has 0 aliphatic carbocycles. The van der Waals surface area contributed by atoms with E-state index in [0.717, 1.165) is 5.75 Å². The maximum atomic E-state index is 5.41. The fourth-order valence-electron chi connectivity index (χ4n) is 1.55. The highest BCUT2D eigenvalue weighted by atomic mass is 127. The summed E-state index contributed by atoms with van der Waals surface area (Å²) in [5.41, 5.74) is 2.46. The van der Waals surface area contributed by atoms with Gasteiger partial charge in [-0.3, -0.25) is 0 Å². The molecule has 1 nitrogen and oxygen atoms in total. The quantitative estimate of drug-likeness (QED) is 0.763. The zero-order valence-corrected chi connectivity index (χ0v) is 11.3. The van der Waals surface area contributed by atoms with Crippen molar-refractivity contribution in [3.63, 3.8) is 0 Å². The molecule has 2 rings (SSSR count). The van der Waals surface area contributed by atoms with Gasteiger partial charge in [-0.25, -0.2) is 0 Å². The largest absolute Gasteiger partial charge is 0.494 e. The number of halogens is 1. The Labute approximate surface area is 110 Å². The van der Waals surface area contributed by atoms with Crippen LogP contribution in [-0.2, 0) is 0 Å². The Kier molecular flexibility index (Phi) is 3.83. The summed E-state index contributed by atoms with van der Waals surface area (Å²) in [5.74, 6) is 0.928. The summed E-state index contributed by atoms with van der Waals surface area (Å²) in [6.45, 7) is 2.70. The summed E-state index contributed by atoms with van der Waals surface area (Å²) in [6.07, 6.45) is 0. The molecule has 0 spiro atoms. The summed E-state index contributed by atoms with van der Waals surface area (Å²) < 4.78 is 6.67. The van der Waals surface area contributed by atoms with E-state index in [9.17, 15) is 0 Å². The van der Waals surface area contributed by atoms with E-state index in [2.05, 4.69) is 59.0 Å². The fraction of sp³-hybridized carbons (Fsp3) is 0.143. The summed E-state index contributed by atoms with van der Waals surface area (Å²) in [6, 6.07) is 16.7. The highest BCUT2D eigenvalue weighted by molar-refractivity contribution is 14.1. The average Bonchev–Trinajstić information content (AvgIpc) is 2.32. The number of ether oxygens (including phenoxy) is 1. The van der Waals surface area contributed by atoms with Crippen LogP contribution in [0.1, 0.15) is 6.92 Å². The van der Waals surface area contributed by atoms with Gasteiger partial charge in [-0.05, 0) is 64.9 Å². The molecular formula is C14H13IO. The van der Waals surface area contributed by atoms with Gasteiger partial charge in [0, 0.05) is 3.57 Å². The van der Waals surface area contributed by atoms with Crippen molar-refractivity contribution in [1.29, 1.82) is 0 Å². The van der Waals surface area contributed by atoms with Gasteiger partial charge in [-0.1, -0.05) is 24.3 Å². The molecule has 0 N–H and O–H groups in total. The molecule has 0 radical (unpaired) electrons. The molecule has 0 atom stereocenters. The molecule has 0 amide bonds. The lowest BCUT2D eigenvalue weighted by Gasteiger charge is -2.05. The van der Waals surface area contributed by atoms with E-state index < -0.39 is 0 Å². The van der Waals surface area contributed by atoms with Gasteiger partial charge in [0.1, 0.15) is 5.75 Å². The summed E-state index contributed by atoms with van der Waals surface area (Å²) in [5, 5.41) is 0. The van der Waals surface area contributed by atoms with E-state index in [1.54, 1.807) is 0 Å². The lowest BCUT2D eigenvalue weighted by atomic mass is 10.1. The van der Waals surface area contributed by atoms with Crippen molar-refractivity contribution in [2.45, 2.75) is 6.92 Å². The van der Waals surface area contributed by atoms with Gasteiger partial charge in [0.25, 0.3) is 0 Å². The Bertz CT molecular complexity index is 445. The van der Waals surface area contributed by atoms with Gasteiger partial charge in [-0.15, -0.1) is 0 Å². The third-order valence-electron chi connectivity index (χ3n) is 2.34. The molecule has 2 aromatic rings. The SMILES string of the molecule is CCOc1ccc(-c2ccc(I)cc2)cc1. The average molecular weight is 324 g/mol. The second kappa shape index (κ2) is 5.34. The molecule has 2 heteroatoms. The molecule has 0 bridgehead atoms. The second-order valence-electron chi connectivity index (χ2n) is 3.46. The molecule has 0 heterocycles. The first kappa shape index (κ1) is 11.5. The van der Waals surface area contributed by atoms with Crippen LogP contribution < -0.4 is 4.74 Å². The maximum Gasteiger partial charge on any atom is 0.119 e. The van der Waals surface area contributed by atoms with E-state index in [-0.39, 0.29) is 0 Å². The van der Waals surface area contributed by atoms with Crippen molar-refractivity contribution >= 4 is 22.6 Å². The zero-order chi connectivity index (χ0) is 11.4. The van der Waals surface area contributed by atoms with Crippen LogP contribution in [0.15, 0.2) is 48.5 Å². The summed E-state index contributed by atoms with van der Waals surface area (Å²) in [4.78, 5) is 0. The number of rotatable bonds is 3. The molecule has 0 fully saturated rings. The van der Waals surface area contributed by atoms with Gasteiger partial charge in [0.2, 0.25) is 0 Å². The molecule has 0 saturated carbocycles. The molecule has 0 aliphatic heterocycles. The van der Waals surface area contributed by atoms with E-state index in [1.165, 1.54) is 14.7 Å². The molecular weight excluding hydrogens is 311 g/mol. The second-order valence-corrected chi connectivity index (χ2v) is 4.71. The minimum atomic E-state index is 0.711. The van der Waals surface area contributed by atoms with Crippen molar-refractivity contribution in [3.8, 4) is 16.9 Å². The lowest BCUT2D eigenvalue weighted by molar-refractivity contribution is 0.340. The zero-order valence-electron chi connectivity index (χ0n) is 9.11. The van der Waals surface area contributed by atoms with Crippen LogP contribution in [0.2, 0.25) is 0 Å². The molecule has 0 aromatic heterocycles. The highest BCUT2D eigenvalue weighted by Gasteiger charge is 1.98. The van der Waals surface area contributed by atoms with Gasteiger partial charge < -0.3 is 4.74 Å². The predicted molar refractivity (Wildman–Crippen MR) is 75.8 cm³/mol. The van der Waals surface area contributed by atoms with Crippen molar-refractivity contribution in [2.75, 3.05) is 6.61 Å². The molecule has 82 valence electrons. The van der Waals surface area contributed by atoms with Gasteiger partial charge in [0.05, 0.1) is 6.61 Å². The first-order valence-electron chi connectivity index (χ1n) is 5.28. The first-order valence-corrected chi connectivity index (χ1v) is 6.36. The smallest absolute Gasteiger partial charge is 0.119 e. The van der Waals surface area contributed by atoms with Crippen LogP contribution in [0.5, 0.6) is 5.75 Å². The molecule has 0 saturated heterocycles. The Morgan fingerprint density at radius 3 is 1.88 bits per heavy atom. The minimum absolute atomic E-state index is 0.711. The number of hydrogen-bond acceptors (Lipinski definition) is 1. The fourth-order valence-corrected chi connectivity index (χ4v) is 1.91. The minimum Gasteiger partial charge on any atom is -0.494 e. The van der Waals surface area contributed by atoms with E-state index >= 15 is 0 Å². The molecule has 0 unspecified atom stereocenters. The standard InChI is InChI=1S/C14H13IO/c1-2-16-14-9-5-12(6-10-14)11-3-7-13(15)8-4-11/h3-10H,2H2,1H3. The van der Waals surface area contributed by atoms with Crippen LogP contribution in [0.4, 0.5) is 0 Å². The Morgan fingerprint density at radius 1 is 0.875 bits per heavy atom. The van der Waals surface area contributed by atoms with E-state index in [1.807, 2.05) is 19.1 Å². The third-order valence-corrected chi connectivity index (χ3v) is 3.06. The number of benzene rings is 2. The van der Waals surface area contributed by atoms with Crippen LogP contribution in [-0.4, -0.2) is 6.61 Å². The topological polar surface area (TPSA) is 9.23 Å². The Hall–Kier alpha value is -1.03. The van der Waals surface area contributed by atoms with Crippen molar-refractivity contribution in [1.82, 2.24) is 0 Å². The van der Waals surface area contributed by atoms with Crippen LogP contribution in [0.25, 0.3) is 11.1 Å². The van der Waals surface area contributed by atoms with Gasteiger partial charge in [0.15, 0.2) is 0 Å². The van der Waals surface area contributed by atoms with E-state index in [0.29, 0.717) is 6.61 Å². The van der Waals surface area contributed by atoms with Crippen molar-refractivity contribution in [3.05, 3.63) is 52.1 Å². The van der Waals surface area contributed by atoms with Crippen LogP contribution in [0.3, 0.4) is 0 Å². The van der Waals surface area contributed by atoms with Gasteiger partial charge in [-0.2, -0.15) is 0 Å². The molecule has 2 aromatic carbocycles. The van der Waals surface area contributed by atoms with Crippen molar-refractivity contribution < 1.29 is 4.74 Å². The van der Waals surface area contributed by atoms with Crippen molar-refractivity contribution in [2.24, 2.45) is 0 Å². The maximum absolute atomic E-state index is 5.41. The van der Waals surface area contributed by atoms with Crippen LogP contribution in [0, 0.1) is 3.57 Å². The van der Waals surface area contributed by atoms with Gasteiger partial charge >= 0.3 is 0 Å². The van der Waals surface area contributed by atoms with Crippen LogP contribution >= 0.6 is 22.6 Å². The summed E-state index contributed by atoms with van der Waals surface area (Å²) in [7, 11) is 0. The molecule has 0 aliphatic rings. The third kappa shape index (κ3) is 2.76. The Morgan fingerprint density at radius 2 is 1.38 bits per heavy atom. The number of hydrogen-bond donors (Lipinski definition) is 0. The summed E-state index contributed by atoms with van der Waals surface area (Å²) >= 11 is 2.31. The first-order chi connectivity index (χ1) is 7.79. The molecule has 16 heavy (non-hydrogen) atoms. The predicted octanol–water partition coefficient (Wildman–Crippen LogP) is 4.36. The van der Waals surface area contributed by atoms with E-state index in [4.69, 9.17) is 4.74 Å². The lowest BCUT2D eigenvalue weighted by Crippen LogP contribution is -1.90. The Balaban J connectivity index is 2.24. The monoisotopic (exact) mass is 324 g/mol. The highest BCUT2D eigenvalue weighted by Crippen LogP contribution is 2.23. The normalized spacial score (nSPS) is 10.1.